The first-order valence-corrected chi connectivity index (χ1v) is 9.16. The van der Waals surface area contributed by atoms with Crippen LogP contribution in [0.25, 0.3) is 0 Å². The molecule has 0 radical (unpaired) electrons. The van der Waals surface area contributed by atoms with E-state index in [4.69, 9.17) is 25.8 Å². The van der Waals surface area contributed by atoms with E-state index >= 15 is 0 Å². The number of allylic oxidation sites excluding steroid dienone is 1. The zero-order valence-electron chi connectivity index (χ0n) is 15.3. The molecule has 0 aliphatic rings. The molecular formula is C21H25ClO4. The van der Waals surface area contributed by atoms with Gasteiger partial charge in [0.05, 0.1) is 18.2 Å². The van der Waals surface area contributed by atoms with E-state index < -0.39 is 0 Å². The third kappa shape index (κ3) is 5.33. The Bertz CT molecular complexity index is 743. The first-order valence-electron chi connectivity index (χ1n) is 8.78. The minimum atomic E-state index is 0.0828. The monoisotopic (exact) mass is 376 g/mol. The van der Waals surface area contributed by atoms with Gasteiger partial charge in [-0.05, 0) is 37.5 Å². The maximum absolute atomic E-state index is 9.54. The molecule has 5 heteroatoms. The number of phenols is 1. The molecule has 1 N–H and O–H groups in total. The van der Waals surface area contributed by atoms with Crippen molar-refractivity contribution in [2.24, 2.45) is 0 Å². The lowest BCUT2D eigenvalue weighted by Crippen LogP contribution is -2.03. The standard InChI is InChI=1S/C21H25ClO4/c1-4-7-15-12-17(24-10-5-2)14-20(25-11-6-3)21(15)26-19-9-8-16(23)13-18(19)22/h4,8-9,12-14,23H,1,5-7,10-11H2,2-3H3. The number of rotatable bonds is 10. The summed E-state index contributed by atoms with van der Waals surface area (Å²) in [4.78, 5) is 0. The molecule has 0 aliphatic carbocycles. The Balaban J connectivity index is 2.46. The molecular weight excluding hydrogens is 352 g/mol. The van der Waals surface area contributed by atoms with E-state index in [9.17, 15) is 5.11 Å². The third-order valence-corrected chi connectivity index (χ3v) is 3.83. The van der Waals surface area contributed by atoms with Gasteiger partial charge in [0.15, 0.2) is 11.5 Å². The van der Waals surface area contributed by atoms with Crippen LogP contribution in [-0.2, 0) is 6.42 Å². The Morgan fingerprint density at radius 1 is 1.04 bits per heavy atom. The summed E-state index contributed by atoms with van der Waals surface area (Å²) >= 11 is 6.19. The molecule has 2 aromatic carbocycles. The molecule has 2 rings (SSSR count). The van der Waals surface area contributed by atoms with E-state index in [0.29, 0.717) is 41.9 Å². The molecule has 4 nitrogen and oxygen atoms in total. The van der Waals surface area contributed by atoms with Crippen molar-refractivity contribution in [2.75, 3.05) is 13.2 Å². The second-order valence-electron chi connectivity index (χ2n) is 5.82. The quantitative estimate of drug-likeness (QED) is 0.505. The average Bonchev–Trinajstić information content (AvgIpc) is 2.62. The normalized spacial score (nSPS) is 10.4. The fourth-order valence-electron chi connectivity index (χ4n) is 2.36. The Kier molecular flexibility index (Phi) is 7.67. The van der Waals surface area contributed by atoms with Gasteiger partial charge >= 0.3 is 0 Å². The van der Waals surface area contributed by atoms with E-state index in [0.717, 1.165) is 24.2 Å². The number of ether oxygens (including phenoxy) is 3. The zero-order valence-corrected chi connectivity index (χ0v) is 16.0. The number of phenolic OH excluding ortho intramolecular Hbond substituents is 1. The summed E-state index contributed by atoms with van der Waals surface area (Å²) in [6, 6.07) is 8.36. The van der Waals surface area contributed by atoms with Crippen molar-refractivity contribution in [3.8, 4) is 28.7 Å². The fourth-order valence-corrected chi connectivity index (χ4v) is 2.57. The van der Waals surface area contributed by atoms with Crippen molar-refractivity contribution in [3.63, 3.8) is 0 Å². The van der Waals surface area contributed by atoms with Gasteiger partial charge in [0, 0.05) is 17.7 Å². The number of hydrogen-bond acceptors (Lipinski definition) is 4. The van der Waals surface area contributed by atoms with E-state index in [1.54, 1.807) is 12.1 Å². The van der Waals surface area contributed by atoms with Crippen LogP contribution in [-0.4, -0.2) is 18.3 Å². The summed E-state index contributed by atoms with van der Waals surface area (Å²) in [6.07, 6.45) is 4.18. The van der Waals surface area contributed by atoms with Crippen LogP contribution in [0.5, 0.6) is 28.7 Å². The van der Waals surface area contributed by atoms with Gasteiger partial charge in [0.25, 0.3) is 0 Å². The fraction of sp³-hybridized carbons (Fsp3) is 0.333. The summed E-state index contributed by atoms with van der Waals surface area (Å²) in [7, 11) is 0. The summed E-state index contributed by atoms with van der Waals surface area (Å²) in [5.41, 5.74) is 0.892. The van der Waals surface area contributed by atoms with Crippen LogP contribution < -0.4 is 14.2 Å². The van der Waals surface area contributed by atoms with Crippen molar-refractivity contribution in [1.82, 2.24) is 0 Å². The minimum absolute atomic E-state index is 0.0828. The molecule has 26 heavy (non-hydrogen) atoms. The van der Waals surface area contributed by atoms with Crippen molar-refractivity contribution < 1.29 is 19.3 Å². The van der Waals surface area contributed by atoms with Crippen LogP contribution >= 0.6 is 11.6 Å². The Morgan fingerprint density at radius 3 is 2.42 bits per heavy atom. The second kappa shape index (κ2) is 9.97. The molecule has 0 saturated carbocycles. The molecule has 0 spiro atoms. The van der Waals surface area contributed by atoms with Crippen LogP contribution in [0.15, 0.2) is 43.0 Å². The summed E-state index contributed by atoms with van der Waals surface area (Å²) in [5.74, 6) is 2.44. The minimum Gasteiger partial charge on any atom is -0.508 e. The van der Waals surface area contributed by atoms with Crippen LogP contribution in [0.1, 0.15) is 32.3 Å². The van der Waals surface area contributed by atoms with Gasteiger partial charge in [-0.15, -0.1) is 6.58 Å². The van der Waals surface area contributed by atoms with Crippen molar-refractivity contribution in [1.29, 1.82) is 0 Å². The molecule has 0 aromatic heterocycles. The zero-order chi connectivity index (χ0) is 18.9. The molecule has 0 atom stereocenters. The number of halogens is 1. The van der Waals surface area contributed by atoms with E-state index in [1.807, 2.05) is 19.1 Å². The van der Waals surface area contributed by atoms with Crippen molar-refractivity contribution >= 4 is 11.6 Å². The summed E-state index contributed by atoms with van der Waals surface area (Å²) < 4.78 is 17.7. The highest BCUT2D eigenvalue weighted by atomic mass is 35.5. The van der Waals surface area contributed by atoms with E-state index in [2.05, 4.69) is 13.5 Å². The SMILES string of the molecule is C=CCc1cc(OCCC)cc(OCCC)c1Oc1ccc(O)cc1Cl. The van der Waals surface area contributed by atoms with Crippen molar-refractivity contribution in [3.05, 3.63) is 53.6 Å². The van der Waals surface area contributed by atoms with Crippen LogP contribution in [0.2, 0.25) is 5.02 Å². The highest BCUT2D eigenvalue weighted by Gasteiger charge is 2.16. The topological polar surface area (TPSA) is 47.9 Å². The molecule has 0 aliphatic heterocycles. The molecule has 0 fully saturated rings. The predicted octanol–water partition coefficient (Wildman–Crippen LogP) is 6.14. The molecule has 0 amide bonds. The third-order valence-electron chi connectivity index (χ3n) is 3.53. The predicted molar refractivity (Wildman–Crippen MR) is 105 cm³/mol. The first-order chi connectivity index (χ1) is 12.6. The lowest BCUT2D eigenvalue weighted by atomic mass is 10.1. The van der Waals surface area contributed by atoms with Crippen LogP contribution in [0.3, 0.4) is 0 Å². The molecule has 0 bridgehead atoms. The van der Waals surface area contributed by atoms with Gasteiger partial charge in [-0.2, -0.15) is 0 Å². The van der Waals surface area contributed by atoms with E-state index in [1.165, 1.54) is 12.1 Å². The number of benzene rings is 2. The Morgan fingerprint density at radius 2 is 1.77 bits per heavy atom. The van der Waals surface area contributed by atoms with Crippen LogP contribution in [0.4, 0.5) is 0 Å². The lowest BCUT2D eigenvalue weighted by molar-refractivity contribution is 0.290. The number of aromatic hydroxyl groups is 1. The van der Waals surface area contributed by atoms with Gasteiger partial charge < -0.3 is 19.3 Å². The van der Waals surface area contributed by atoms with Crippen LogP contribution in [0, 0.1) is 0 Å². The second-order valence-corrected chi connectivity index (χ2v) is 6.22. The number of hydrogen-bond donors (Lipinski definition) is 1. The van der Waals surface area contributed by atoms with E-state index in [-0.39, 0.29) is 5.75 Å². The Hall–Kier alpha value is -2.33. The maximum atomic E-state index is 9.54. The molecule has 140 valence electrons. The highest BCUT2D eigenvalue weighted by molar-refractivity contribution is 6.32. The largest absolute Gasteiger partial charge is 0.508 e. The Labute approximate surface area is 160 Å². The van der Waals surface area contributed by atoms with Gasteiger partial charge in [-0.25, -0.2) is 0 Å². The molecule has 0 unspecified atom stereocenters. The molecule has 0 heterocycles. The smallest absolute Gasteiger partial charge is 0.173 e. The lowest BCUT2D eigenvalue weighted by Gasteiger charge is -2.18. The van der Waals surface area contributed by atoms with Crippen molar-refractivity contribution in [2.45, 2.75) is 33.1 Å². The van der Waals surface area contributed by atoms with Gasteiger partial charge in [-0.1, -0.05) is 31.5 Å². The molecule has 2 aromatic rings. The molecule has 0 saturated heterocycles. The summed E-state index contributed by atoms with van der Waals surface area (Å²) in [6.45, 7) is 9.11. The van der Waals surface area contributed by atoms with Gasteiger partial charge in [0.2, 0.25) is 0 Å². The first kappa shape index (κ1) is 20.0. The summed E-state index contributed by atoms with van der Waals surface area (Å²) in [5, 5.41) is 9.86. The van der Waals surface area contributed by atoms with Gasteiger partial charge in [0.1, 0.15) is 17.2 Å². The average molecular weight is 377 g/mol. The highest BCUT2D eigenvalue weighted by Crippen LogP contribution is 2.41. The van der Waals surface area contributed by atoms with Gasteiger partial charge in [-0.3, -0.25) is 0 Å². The maximum Gasteiger partial charge on any atom is 0.173 e.